The molecule has 0 unspecified atom stereocenters. The molecule has 1 saturated heterocycles. The summed E-state index contributed by atoms with van der Waals surface area (Å²) in [6.07, 6.45) is 2.65. The third-order valence-corrected chi connectivity index (χ3v) is 4.02. The van der Waals surface area contributed by atoms with Gasteiger partial charge < -0.3 is 4.74 Å². The molecular weight excluding hydrogens is 252 g/mol. The number of nitrogens with zero attached hydrogens (tertiary/aromatic N) is 2. The number of para-hydroxylation sites is 1. The summed E-state index contributed by atoms with van der Waals surface area (Å²) in [6, 6.07) is 8.01. The highest BCUT2D eigenvalue weighted by Gasteiger charge is 2.19. The van der Waals surface area contributed by atoms with Crippen LogP contribution in [0, 0.1) is 5.92 Å². The smallest absolute Gasteiger partial charge is 0.183 e. The summed E-state index contributed by atoms with van der Waals surface area (Å²) in [4.78, 5) is 12.0. The molecule has 0 atom stereocenters. The second kappa shape index (κ2) is 5.75. The van der Waals surface area contributed by atoms with Crippen LogP contribution < -0.4 is 0 Å². The van der Waals surface area contributed by atoms with Crippen LogP contribution in [0.4, 0.5) is 0 Å². The van der Waals surface area contributed by atoms with Crippen LogP contribution in [0.3, 0.4) is 0 Å². The van der Waals surface area contributed by atoms with Crippen LogP contribution in [0.2, 0.25) is 0 Å². The van der Waals surface area contributed by atoms with Crippen LogP contribution in [0.1, 0.15) is 36.7 Å². The Labute approximate surface area is 118 Å². The van der Waals surface area contributed by atoms with Crippen molar-refractivity contribution in [1.29, 1.82) is 0 Å². The maximum Gasteiger partial charge on any atom is 0.183 e. The van der Waals surface area contributed by atoms with Gasteiger partial charge in [-0.2, -0.15) is 5.10 Å². The van der Waals surface area contributed by atoms with E-state index in [1.54, 1.807) is 0 Å². The first kappa shape index (κ1) is 13.3. The molecule has 0 spiro atoms. The molecular formula is C16H20N2O2. The molecule has 1 fully saturated rings. The molecule has 0 amide bonds. The largest absolute Gasteiger partial charge is 0.381 e. The van der Waals surface area contributed by atoms with E-state index < -0.39 is 0 Å². The molecule has 1 aromatic heterocycles. The Morgan fingerprint density at radius 3 is 2.85 bits per heavy atom. The van der Waals surface area contributed by atoms with Crippen molar-refractivity contribution in [1.82, 2.24) is 9.78 Å². The van der Waals surface area contributed by atoms with Gasteiger partial charge >= 0.3 is 0 Å². The second-order valence-corrected chi connectivity index (χ2v) is 5.38. The van der Waals surface area contributed by atoms with E-state index in [0.29, 0.717) is 18.0 Å². The van der Waals surface area contributed by atoms with Crippen molar-refractivity contribution in [2.75, 3.05) is 13.2 Å². The van der Waals surface area contributed by atoms with Gasteiger partial charge in [0.2, 0.25) is 0 Å². The molecule has 3 rings (SSSR count). The molecule has 0 N–H and O–H groups in total. The van der Waals surface area contributed by atoms with Crippen molar-refractivity contribution in [2.45, 2.75) is 32.7 Å². The average Bonchev–Trinajstić information content (AvgIpc) is 2.87. The predicted octanol–water partition coefficient (Wildman–Crippen LogP) is 3.06. The van der Waals surface area contributed by atoms with Crippen molar-refractivity contribution in [3.63, 3.8) is 0 Å². The van der Waals surface area contributed by atoms with E-state index in [9.17, 15) is 4.79 Å². The Morgan fingerprint density at radius 1 is 1.35 bits per heavy atom. The lowest BCUT2D eigenvalue weighted by molar-refractivity contribution is 0.0605. The van der Waals surface area contributed by atoms with Gasteiger partial charge in [-0.25, -0.2) is 0 Å². The number of rotatable bonds is 4. The summed E-state index contributed by atoms with van der Waals surface area (Å²) in [7, 11) is 0. The number of Topliss-reactive ketones (excluding diaryl/α,β-unsaturated/α-hetero) is 1. The lowest BCUT2D eigenvalue weighted by Gasteiger charge is -2.22. The van der Waals surface area contributed by atoms with E-state index in [4.69, 9.17) is 4.74 Å². The van der Waals surface area contributed by atoms with Gasteiger partial charge in [-0.05, 0) is 24.8 Å². The fourth-order valence-electron chi connectivity index (χ4n) is 2.81. The monoisotopic (exact) mass is 272 g/mol. The van der Waals surface area contributed by atoms with Crippen molar-refractivity contribution in [3.05, 3.63) is 30.0 Å². The average molecular weight is 272 g/mol. The van der Waals surface area contributed by atoms with Crippen LogP contribution >= 0.6 is 0 Å². The summed E-state index contributed by atoms with van der Waals surface area (Å²) in [5.41, 5.74) is 1.69. The maximum atomic E-state index is 12.0. The molecule has 1 aliphatic rings. The quantitative estimate of drug-likeness (QED) is 0.803. The van der Waals surface area contributed by atoms with Gasteiger partial charge in [0.05, 0.1) is 5.52 Å². The highest BCUT2D eigenvalue weighted by molar-refractivity contribution is 6.05. The molecule has 4 heteroatoms. The topological polar surface area (TPSA) is 44.1 Å². The van der Waals surface area contributed by atoms with E-state index in [1.807, 2.05) is 35.9 Å². The van der Waals surface area contributed by atoms with Crippen molar-refractivity contribution in [2.24, 2.45) is 5.92 Å². The molecule has 0 saturated carbocycles. The lowest BCUT2D eigenvalue weighted by Crippen LogP contribution is -2.21. The third kappa shape index (κ3) is 2.48. The number of hydrogen-bond acceptors (Lipinski definition) is 3. The summed E-state index contributed by atoms with van der Waals surface area (Å²) in [5.74, 6) is 0.712. The lowest BCUT2D eigenvalue weighted by atomic mass is 10.0. The zero-order valence-electron chi connectivity index (χ0n) is 11.8. The van der Waals surface area contributed by atoms with E-state index in [-0.39, 0.29) is 5.78 Å². The maximum absolute atomic E-state index is 12.0. The van der Waals surface area contributed by atoms with Crippen molar-refractivity contribution < 1.29 is 9.53 Å². The minimum Gasteiger partial charge on any atom is -0.381 e. The van der Waals surface area contributed by atoms with Gasteiger partial charge in [0.25, 0.3) is 0 Å². The number of fused-ring (bicyclic) bond motifs is 1. The Kier molecular flexibility index (Phi) is 3.83. The summed E-state index contributed by atoms with van der Waals surface area (Å²) >= 11 is 0. The number of carbonyl (C=O) groups is 1. The number of hydrogen-bond donors (Lipinski definition) is 0. The van der Waals surface area contributed by atoms with Gasteiger partial charge in [-0.3, -0.25) is 9.48 Å². The number of aromatic nitrogens is 2. The highest BCUT2D eigenvalue weighted by Crippen LogP contribution is 2.23. The van der Waals surface area contributed by atoms with Gasteiger partial charge in [-0.1, -0.05) is 25.1 Å². The number of carbonyl (C=O) groups excluding carboxylic acids is 1. The second-order valence-electron chi connectivity index (χ2n) is 5.38. The Morgan fingerprint density at radius 2 is 2.10 bits per heavy atom. The number of ketones is 1. The minimum atomic E-state index is 0.118. The molecule has 2 heterocycles. The zero-order chi connectivity index (χ0) is 13.9. The molecule has 0 radical (unpaired) electrons. The van der Waals surface area contributed by atoms with E-state index >= 15 is 0 Å². The third-order valence-electron chi connectivity index (χ3n) is 4.02. The van der Waals surface area contributed by atoms with Gasteiger partial charge in [-0.15, -0.1) is 0 Å². The fourth-order valence-corrected chi connectivity index (χ4v) is 2.81. The molecule has 2 aromatic rings. The summed E-state index contributed by atoms with van der Waals surface area (Å²) in [5, 5.41) is 5.56. The molecule has 20 heavy (non-hydrogen) atoms. The van der Waals surface area contributed by atoms with Crippen LogP contribution in [0.5, 0.6) is 0 Å². The van der Waals surface area contributed by atoms with Crippen molar-refractivity contribution >= 4 is 16.7 Å². The van der Waals surface area contributed by atoms with E-state index in [1.165, 1.54) is 0 Å². The van der Waals surface area contributed by atoms with Gasteiger partial charge in [0.1, 0.15) is 5.69 Å². The Hall–Kier alpha value is -1.68. The summed E-state index contributed by atoms with van der Waals surface area (Å²) in [6.45, 7) is 4.44. The Balaban J connectivity index is 1.95. The Bertz CT molecular complexity index is 612. The van der Waals surface area contributed by atoms with Gasteiger partial charge in [0.15, 0.2) is 5.78 Å². The first-order chi connectivity index (χ1) is 9.79. The molecule has 0 bridgehead atoms. The van der Waals surface area contributed by atoms with Crippen LogP contribution in [0.15, 0.2) is 24.3 Å². The molecule has 1 aliphatic heterocycles. The standard InChI is InChI=1S/C16H20N2O2/c1-2-15(19)16-13-5-3-4-6-14(13)18(17-16)11-12-7-9-20-10-8-12/h3-6,12H,2,7-11H2,1H3. The number of benzene rings is 1. The minimum absolute atomic E-state index is 0.118. The molecule has 1 aromatic carbocycles. The van der Waals surface area contributed by atoms with Crippen LogP contribution in [0.25, 0.3) is 10.9 Å². The first-order valence-electron chi connectivity index (χ1n) is 7.36. The number of ether oxygens (including phenoxy) is 1. The first-order valence-corrected chi connectivity index (χ1v) is 7.36. The zero-order valence-corrected chi connectivity index (χ0v) is 11.8. The molecule has 4 nitrogen and oxygen atoms in total. The van der Waals surface area contributed by atoms with Gasteiger partial charge in [0, 0.05) is 31.6 Å². The van der Waals surface area contributed by atoms with E-state index in [0.717, 1.165) is 43.5 Å². The van der Waals surface area contributed by atoms with Crippen LogP contribution in [-0.4, -0.2) is 28.8 Å². The normalized spacial score (nSPS) is 16.6. The molecule has 106 valence electrons. The van der Waals surface area contributed by atoms with E-state index in [2.05, 4.69) is 5.10 Å². The fraction of sp³-hybridized carbons (Fsp3) is 0.500. The predicted molar refractivity (Wildman–Crippen MR) is 77.9 cm³/mol. The van der Waals surface area contributed by atoms with Crippen LogP contribution in [-0.2, 0) is 11.3 Å². The SMILES string of the molecule is CCC(=O)c1nn(CC2CCOCC2)c2ccccc12. The molecule has 0 aliphatic carbocycles. The van der Waals surface area contributed by atoms with Crippen molar-refractivity contribution in [3.8, 4) is 0 Å². The summed E-state index contributed by atoms with van der Waals surface area (Å²) < 4.78 is 7.41. The highest BCUT2D eigenvalue weighted by atomic mass is 16.5.